The van der Waals surface area contributed by atoms with Crippen LogP contribution in [0.15, 0.2) is 0 Å². The topological polar surface area (TPSA) is 70.2 Å². The molecular weight excluding hydrogens is 226 g/mol. The number of hydrogen-bond donors (Lipinski definition) is 3. The van der Waals surface area contributed by atoms with Crippen molar-refractivity contribution < 1.29 is 9.59 Å². The van der Waals surface area contributed by atoms with E-state index in [1.165, 1.54) is 0 Å². The van der Waals surface area contributed by atoms with Crippen molar-refractivity contribution in [1.29, 1.82) is 0 Å². The van der Waals surface area contributed by atoms with Crippen LogP contribution in [0.3, 0.4) is 0 Å². The molecule has 0 aliphatic carbocycles. The molecule has 2 aliphatic heterocycles. The zero-order valence-corrected chi connectivity index (χ0v) is 9.94. The summed E-state index contributed by atoms with van der Waals surface area (Å²) in [7, 11) is 0. The first-order valence-corrected chi connectivity index (χ1v) is 6.76. The van der Waals surface area contributed by atoms with Crippen molar-refractivity contribution in [2.75, 3.05) is 24.6 Å². The number of hydrogen-bond acceptors (Lipinski definition) is 4. The van der Waals surface area contributed by atoms with E-state index in [2.05, 4.69) is 16.0 Å². The molecule has 2 unspecified atom stereocenters. The fourth-order valence-corrected chi connectivity index (χ4v) is 2.92. The lowest BCUT2D eigenvalue weighted by Crippen LogP contribution is -2.44. The van der Waals surface area contributed by atoms with Gasteiger partial charge >= 0.3 is 0 Å². The van der Waals surface area contributed by atoms with E-state index >= 15 is 0 Å². The minimum Gasteiger partial charge on any atom is -0.354 e. The van der Waals surface area contributed by atoms with Gasteiger partial charge in [-0.05, 0) is 0 Å². The van der Waals surface area contributed by atoms with Crippen LogP contribution >= 0.6 is 11.8 Å². The van der Waals surface area contributed by atoms with E-state index in [-0.39, 0.29) is 23.9 Å². The van der Waals surface area contributed by atoms with Crippen molar-refractivity contribution in [3.05, 3.63) is 0 Å². The van der Waals surface area contributed by atoms with E-state index in [0.29, 0.717) is 19.4 Å². The molecule has 0 bridgehead atoms. The van der Waals surface area contributed by atoms with Crippen molar-refractivity contribution in [3.8, 4) is 0 Å². The lowest BCUT2D eigenvalue weighted by atomic mass is 10.2. The van der Waals surface area contributed by atoms with Crippen LogP contribution in [-0.4, -0.2) is 48.5 Å². The number of nitrogens with one attached hydrogen (secondary N) is 3. The predicted molar refractivity (Wildman–Crippen MR) is 63.3 cm³/mol. The molecule has 0 aromatic heterocycles. The van der Waals surface area contributed by atoms with Crippen LogP contribution < -0.4 is 16.0 Å². The van der Waals surface area contributed by atoms with E-state index in [0.717, 1.165) is 18.1 Å². The summed E-state index contributed by atoms with van der Waals surface area (Å²) in [5.74, 6) is 2.19. The first kappa shape index (κ1) is 11.7. The van der Waals surface area contributed by atoms with Gasteiger partial charge in [-0.25, -0.2) is 0 Å². The Hall–Kier alpha value is -0.750. The maximum atomic E-state index is 11.7. The molecule has 0 aromatic rings. The van der Waals surface area contributed by atoms with Crippen molar-refractivity contribution in [2.24, 2.45) is 0 Å². The monoisotopic (exact) mass is 243 g/mol. The van der Waals surface area contributed by atoms with Crippen LogP contribution in [0.25, 0.3) is 0 Å². The summed E-state index contributed by atoms with van der Waals surface area (Å²) < 4.78 is 0. The van der Waals surface area contributed by atoms with E-state index in [9.17, 15) is 9.59 Å². The molecule has 2 saturated heterocycles. The standard InChI is InChI=1S/C10H17N3O2S/c14-9-3-7(5-12-9)13-10(15)4-8-6-16-2-1-11-8/h7-8,11H,1-6H2,(H,12,14)(H,13,15). The summed E-state index contributed by atoms with van der Waals surface area (Å²) in [4.78, 5) is 22.6. The maximum Gasteiger partial charge on any atom is 0.222 e. The Labute approximate surface area is 99.1 Å². The van der Waals surface area contributed by atoms with E-state index in [1.54, 1.807) is 0 Å². The summed E-state index contributed by atoms with van der Waals surface area (Å²) in [6.45, 7) is 1.55. The minimum atomic E-state index is -0.0174. The third-order valence-electron chi connectivity index (χ3n) is 2.77. The van der Waals surface area contributed by atoms with Gasteiger partial charge in [0.15, 0.2) is 0 Å². The molecule has 2 atom stereocenters. The second kappa shape index (κ2) is 5.54. The third-order valence-corrected chi connectivity index (χ3v) is 3.90. The van der Waals surface area contributed by atoms with Gasteiger partial charge in [0, 0.05) is 43.5 Å². The Morgan fingerprint density at radius 3 is 3.06 bits per heavy atom. The fourth-order valence-electron chi connectivity index (χ4n) is 1.97. The molecule has 16 heavy (non-hydrogen) atoms. The zero-order valence-electron chi connectivity index (χ0n) is 9.12. The quantitative estimate of drug-likeness (QED) is 0.600. The highest BCUT2D eigenvalue weighted by molar-refractivity contribution is 7.99. The van der Waals surface area contributed by atoms with Crippen LogP contribution in [0.1, 0.15) is 12.8 Å². The summed E-state index contributed by atoms with van der Waals surface area (Å²) in [6, 6.07) is 0.264. The molecular formula is C10H17N3O2S. The lowest BCUT2D eigenvalue weighted by Gasteiger charge is -2.23. The van der Waals surface area contributed by atoms with Gasteiger partial charge in [0.25, 0.3) is 0 Å². The molecule has 0 radical (unpaired) electrons. The Morgan fingerprint density at radius 1 is 1.56 bits per heavy atom. The van der Waals surface area contributed by atoms with Crippen LogP contribution in [0.2, 0.25) is 0 Å². The largest absolute Gasteiger partial charge is 0.354 e. The van der Waals surface area contributed by atoms with Gasteiger partial charge in [0.1, 0.15) is 0 Å². The highest BCUT2D eigenvalue weighted by atomic mass is 32.2. The normalized spacial score (nSPS) is 29.9. The average Bonchev–Trinajstić information content (AvgIpc) is 2.65. The number of thioether (sulfide) groups is 1. The Bertz CT molecular complexity index is 279. The van der Waals surface area contributed by atoms with E-state index in [4.69, 9.17) is 0 Å². The van der Waals surface area contributed by atoms with Gasteiger partial charge in [-0.15, -0.1) is 0 Å². The highest BCUT2D eigenvalue weighted by Gasteiger charge is 2.24. The van der Waals surface area contributed by atoms with Gasteiger partial charge < -0.3 is 16.0 Å². The molecule has 5 nitrogen and oxygen atoms in total. The maximum absolute atomic E-state index is 11.7. The number of rotatable bonds is 3. The SMILES string of the molecule is O=C1CC(NC(=O)CC2CSCCN2)CN1. The molecule has 2 fully saturated rings. The van der Waals surface area contributed by atoms with Gasteiger partial charge in [-0.3, -0.25) is 9.59 Å². The van der Waals surface area contributed by atoms with Crippen LogP contribution in [-0.2, 0) is 9.59 Å². The van der Waals surface area contributed by atoms with Gasteiger partial charge in [0.05, 0.1) is 6.04 Å². The molecule has 2 amide bonds. The molecule has 3 N–H and O–H groups in total. The molecule has 0 aromatic carbocycles. The molecule has 2 heterocycles. The summed E-state index contributed by atoms with van der Waals surface area (Å²) >= 11 is 1.88. The molecule has 0 saturated carbocycles. The Balaban J connectivity index is 1.69. The Morgan fingerprint density at radius 2 is 2.44 bits per heavy atom. The molecule has 90 valence electrons. The van der Waals surface area contributed by atoms with E-state index in [1.807, 2.05) is 11.8 Å². The lowest BCUT2D eigenvalue weighted by molar-refractivity contribution is -0.122. The van der Waals surface area contributed by atoms with Crippen molar-refractivity contribution in [3.63, 3.8) is 0 Å². The van der Waals surface area contributed by atoms with Crippen molar-refractivity contribution in [1.82, 2.24) is 16.0 Å². The second-order valence-electron chi connectivity index (χ2n) is 4.20. The zero-order chi connectivity index (χ0) is 11.4. The smallest absolute Gasteiger partial charge is 0.222 e. The van der Waals surface area contributed by atoms with Crippen LogP contribution in [0, 0.1) is 0 Å². The average molecular weight is 243 g/mol. The summed E-state index contributed by atoms with van der Waals surface area (Å²) in [5, 5.41) is 8.91. The first-order valence-electron chi connectivity index (χ1n) is 5.61. The second-order valence-corrected chi connectivity index (χ2v) is 5.35. The first-order chi connectivity index (χ1) is 7.74. The number of carbonyl (C=O) groups is 2. The molecule has 2 rings (SSSR count). The third kappa shape index (κ3) is 3.38. The Kier molecular flexibility index (Phi) is 4.06. The minimum absolute atomic E-state index is 0.0174. The summed E-state index contributed by atoms with van der Waals surface area (Å²) in [6.07, 6.45) is 0.927. The van der Waals surface area contributed by atoms with Gasteiger partial charge in [-0.2, -0.15) is 11.8 Å². The predicted octanol–water partition coefficient (Wildman–Crippen LogP) is -0.914. The number of amides is 2. The van der Waals surface area contributed by atoms with Crippen LogP contribution in [0.4, 0.5) is 0 Å². The van der Waals surface area contributed by atoms with Gasteiger partial charge in [-0.1, -0.05) is 0 Å². The number of carbonyl (C=O) groups excluding carboxylic acids is 2. The molecule has 2 aliphatic rings. The van der Waals surface area contributed by atoms with Gasteiger partial charge in [0.2, 0.25) is 11.8 Å². The van der Waals surface area contributed by atoms with Crippen molar-refractivity contribution in [2.45, 2.75) is 24.9 Å². The highest BCUT2D eigenvalue weighted by Crippen LogP contribution is 2.10. The molecule has 0 spiro atoms. The fraction of sp³-hybridized carbons (Fsp3) is 0.800. The molecule has 6 heteroatoms. The van der Waals surface area contributed by atoms with Crippen LogP contribution in [0.5, 0.6) is 0 Å². The summed E-state index contributed by atoms with van der Waals surface area (Å²) in [5.41, 5.74) is 0. The van der Waals surface area contributed by atoms with Crippen molar-refractivity contribution >= 4 is 23.6 Å². The van der Waals surface area contributed by atoms with E-state index < -0.39 is 0 Å².